The maximum Gasteiger partial charge on any atom is 0.137 e. The number of benzene rings is 9. The van der Waals surface area contributed by atoms with Crippen LogP contribution in [0, 0.1) is 0 Å². The van der Waals surface area contributed by atoms with E-state index in [-0.39, 0.29) is 5.41 Å². The van der Waals surface area contributed by atoms with Gasteiger partial charge in [0.15, 0.2) is 0 Å². The fourth-order valence-corrected chi connectivity index (χ4v) is 9.19. The van der Waals surface area contributed by atoms with Crippen molar-refractivity contribution in [3.8, 4) is 22.3 Å². The van der Waals surface area contributed by atoms with E-state index in [1.54, 1.807) is 0 Å². The Morgan fingerprint density at radius 1 is 0.407 bits per heavy atom. The zero-order valence-corrected chi connectivity index (χ0v) is 29.8. The third kappa shape index (κ3) is 4.47. The number of hydrogen-bond acceptors (Lipinski definition) is 2. The molecule has 0 unspecified atom stereocenters. The topological polar surface area (TPSA) is 16.4 Å². The van der Waals surface area contributed by atoms with Gasteiger partial charge in [0.1, 0.15) is 11.2 Å². The predicted octanol–water partition coefficient (Wildman–Crippen LogP) is 14.4. The van der Waals surface area contributed by atoms with Gasteiger partial charge in [-0.15, -0.1) is 0 Å². The van der Waals surface area contributed by atoms with Crippen LogP contribution in [0.25, 0.3) is 65.7 Å². The van der Waals surface area contributed by atoms with Gasteiger partial charge in [-0.05, 0) is 98.4 Å². The second-order valence-corrected chi connectivity index (χ2v) is 14.6. The Hall–Kier alpha value is -6.90. The van der Waals surface area contributed by atoms with Crippen molar-refractivity contribution in [3.63, 3.8) is 0 Å². The first-order chi connectivity index (χ1) is 26.7. The first kappa shape index (κ1) is 30.7. The summed E-state index contributed by atoms with van der Waals surface area (Å²) in [6, 6.07) is 70.4. The average molecular weight is 690 g/mol. The third-order valence-electron chi connectivity index (χ3n) is 11.7. The Bertz CT molecular complexity index is 3020. The Morgan fingerprint density at radius 3 is 1.76 bits per heavy atom. The van der Waals surface area contributed by atoms with Crippen molar-refractivity contribution in [1.82, 2.24) is 0 Å². The number of hydrogen-bond donors (Lipinski definition) is 0. The maximum atomic E-state index is 6.84. The van der Waals surface area contributed by atoms with E-state index in [0.717, 1.165) is 33.6 Å². The summed E-state index contributed by atoms with van der Waals surface area (Å²) in [4.78, 5) is 2.39. The van der Waals surface area contributed by atoms with E-state index in [1.165, 1.54) is 65.9 Å². The highest BCUT2D eigenvalue weighted by Gasteiger charge is 2.42. The van der Waals surface area contributed by atoms with Crippen LogP contribution in [0.4, 0.5) is 17.1 Å². The molecule has 254 valence electrons. The van der Waals surface area contributed by atoms with Crippen LogP contribution in [0.2, 0.25) is 0 Å². The molecule has 2 nitrogen and oxygen atoms in total. The lowest BCUT2D eigenvalue weighted by atomic mass is 9.73. The zero-order valence-electron chi connectivity index (χ0n) is 29.8. The summed E-state index contributed by atoms with van der Waals surface area (Å²) in [6.07, 6.45) is 0. The normalized spacial score (nSPS) is 13.1. The minimum atomic E-state index is -0.335. The molecule has 10 aromatic rings. The van der Waals surface area contributed by atoms with Gasteiger partial charge in [0.25, 0.3) is 0 Å². The number of anilines is 3. The highest BCUT2D eigenvalue weighted by atomic mass is 16.3. The fraction of sp³-hybridized carbons (Fsp3) is 0.0385. The van der Waals surface area contributed by atoms with Crippen molar-refractivity contribution in [2.75, 3.05) is 4.90 Å². The van der Waals surface area contributed by atoms with Gasteiger partial charge in [-0.25, -0.2) is 0 Å². The summed E-state index contributed by atoms with van der Waals surface area (Å²) in [6.45, 7) is 2.38. The Kier molecular flexibility index (Phi) is 6.72. The lowest BCUT2D eigenvalue weighted by Crippen LogP contribution is -2.22. The summed E-state index contributed by atoms with van der Waals surface area (Å²) in [7, 11) is 0. The highest BCUT2D eigenvalue weighted by Crippen LogP contribution is 2.54. The second-order valence-electron chi connectivity index (χ2n) is 14.6. The number of nitrogens with zero attached hydrogens (tertiary/aromatic N) is 1. The van der Waals surface area contributed by atoms with Gasteiger partial charge in [0.05, 0.1) is 5.69 Å². The van der Waals surface area contributed by atoms with E-state index in [4.69, 9.17) is 4.42 Å². The van der Waals surface area contributed by atoms with Gasteiger partial charge in [-0.2, -0.15) is 0 Å². The van der Waals surface area contributed by atoms with E-state index in [0.29, 0.717) is 0 Å². The molecule has 0 radical (unpaired) electrons. The van der Waals surface area contributed by atoms with Crippen LogP contribution in [-0.4, -0.2) is 0 Å². The zero-order chi connectivity index (χ0) is 35.8. The van der Waals surface area contributed by atoms with Crippen molar-refractivity contribution in [3.05, 3.63) is 211 Å². The summed E-state index contributed by atoms with van der Waals surface area (Å²) >= 11 is 0. The molecule has 0 spiro atoms. The van der Waals surface area contributed by atoms with Crippen molar-refractivity contribution < 1.29 is 4.42 Å². The number of fused-ring (bicyclic) bond motifs is 9. The van der Waals surface area contributed by atoms with Gasteiger partial charge < -0.3 is 9.32 Å². The van der Waals surface area contributed by atoms with Crippen LogP contribution in [0.1, 0.15) is 23.6 Å². The molecule has 1 aromatic heterocycles. The summed E-state index contributed by atoms with van der Waals surface area (Å²) < 4.78 is 6.84. The van der Waals surface area contributed by atoms with E-state index in [9.17, 15) is 0 Å². The SMILES string of the molecule is CC1(c2cccc3oc4cc(N(c5ccc(-c6ccccc6)cc5)c5cc6ccccc6c6ccccc56)ccc4c23)c2ccccc2-c2ccccc21. The molecule has 1 heterocycles. The van der Waals surface area contributed by atoms with Crippen LogP contribution in [-0.2, 0) is 5.41 Å². The molecule has 1 aliphatic rings. The third-order valence-corrected chi connectivity index (χ3v) is 11.7. The van der Waals surface area contributed by atoms with E-state index in [2.05, 4.69) is 206 Å². The highest BCUT2D eigenvalue weighted by molar-refractivity contribution is 6.15. The molecule has 54 heavy (non-hydrogen) atoms. The van der Waals surface area contributed by atoms with Crippen LogP contribution in [0.3, 0.4) is 0 Å². The molecule has 11 rings (SSSR count). The van der Waals surface area contributed by atoms with Gasteiger partial charge in [-0.3, -0.25) is 0 Å². The molecule has 0 fully saturated rings. The minimum Gasteiger partial charge on any atom is -0.456 e. The lowest BCUT2D eigenvalue weighted by Gasteiger charge is -2.29. The van der Waals surface area contributed by atoms with Crippen molar-refractivity contribution in [1.29, 1.82) is 0 Å². The molecule has 0 saturated heterocycles. The molecular weight excluding hydrogens is 655 g/mol. The van der Waals surface area contributed by atoms with Crippen molar-refractivity contribution in [2.24, 2.45) is 0 Å². The molecule has 2 heteroatoms. The first-order valence-electron chi connectivity index (χ1n) is 18.7. The Morgan fingerprint density at radius 2 is 1.00 bits per heavy atom. The van der Waals surface area contributed by atoms with Crippen molar-refractivity contribution >= 4 is 60.5 Å². The number of furan rings is 1. The summed E-state index contributed by atoms with van der Waals surface area (Å²) in [5.74, 6) is 0. The van der Waals surface area contributed by atoms with E-state index in [1.807, 2.05) is 0 Å². The molecule has 0 bridgehead atoms. The van der Waals surface area contributed by atoms with Gasteiger partial charge in [-0.1, -0.05) is 152 Å². The predicted molar refractivity (Wildman–Crippen MR) is 226 cm³/mol. The second kappa shape index (κ2) is 11.8. The average Bonchev–Trinajstić information content (AvgIpc) is 3.74. The van der Waals surface area contributed by atoms with Crippen molar-refractivity contribution in [2.45, 2.75) is 12.3 Å². The molecule has 0 saturated carbocycles. The Labute approximate surface area is 314 Å². The molecule has 0 amide bonds. The molecule has 0 atom stereocenters. The van der Waals surface area contributed by atoms with Crippen LogP contribution >= 0.6 is 0 Å². The monoisotopic (exact) mass is 689 g/mol. The summed E-state index contributed by atoms with van der Waals surface area (Å²) in [5.41, 5.74) is 13.6. The number of rotatable bonds is 5. The van der Waals surface area contributed by atoms with Gasteiger partial charge >= 0.3 is 0 Å². The lowest BCUT2D eigenvalue weighted by molar-refractivity contribution is 0.666. The first-order valence-corrected chi connectivity index (χ1v) is 18.7. The van der Waals surface area contributed by atoms with Gasteiger partial charge in [0, 0.05) is 39.0 Å². The quantitative estimate of drug-likeness (QED) is 0.167. The largest absolute Gasteiger partial charge is 0.456 e. The molecular formula is C52H35NO. The van der Waals surface area contributed by atoms with E-state index >= 15 is 0 Å². The molecule has 1 aliphatic carbocycles. The van der Waals surface area contributed by atoms with Gasteiger partial charge in [0.2, 0.25) is 0 Å². The standard InChI is InChI=1S/C52H35NO/c1-52(45-22-11-9-19-41(45)42-20-10-12-23-46(42)52)47-24-13-25-49-51(47)44-31-30-38(33-50(44)54-49)53(37-28-26-35(27-29-37)34-14-3-2-4-15-34)48-32-36-16-5-6-17-39(36)40-18-7-8-21-43(40)48/h2-33H,1H3. The molecule has 9 aromatic carbocycles. The maximum absolute atomic E-state index is 6.84. The summed E-state index contributed by atoms with van der Waals surface area (Å²) in [5, 5.41) is 7.17. The van der Waals surface area contributed by atoms with Crippen LogP contribution in [0.15, 0.2) is 199 Å². The molecule has 0 aliphatic heterocycles. The van der Waals surface area contributed by atoms with Crippen LogP contribution < -0.4 is 4.90 Å². The molecule has 0 N–H and O–H groups in total. The van der Waals surface area contributed by atoms with E-state index < -0.39 is 0 Å². The fourth-order valence-electron chi connectivity index (χ4n) is 9.19. The smallest absolute Gasteiger partial charge is 0.137 e. The minimum absolute atomic E-state index is 0.335. The van der Waals surface area contributed by atoms with Crippen LogP contribution in [0.5, 0.6) is 0 Å². The Balaban J connectivity index is 1.13.